The van der Waals surface area contributed by atoms with Gasteiger partial charge in [-0.25, -0.2) is 4.99 Å². The highest BCUT2D eigenvalue weighted by Gasteiger charge is 2.66. The number of amides is 1. The summed E-state index contributed by atoms with van der Waals surface area (Å²) in [5.41, 5.74) is 8.48. The second-order valence-corrected chi connectivity index (χ2v) is 10.5. The molecule has 1 saturated heterocycles. The summed E-state index contributed by atoms with van der Waals surface area (Å²) < 4.78 is 11.5. The number of guanidine groups is 1. The van der Waals surface area contributed by atoms with Crippen molar-refractivity contribution < 1.29 is 14.3 Å². The highest BCUT2D eigenvalue weighted by molar-refractivity contribution is 6.08. The predicted molar refractivity (Wildman–Crippen MR) is 125 cm³/mol. The van der Waals surface area contributed by atoms with Crippen molar-refractivity contribution in [1.82, 2.24) is 4.90 Å². The van der Waals surface area contributed by atoms with E-state index in [0.29, 0.717) is 18.4 Å². The summed E-state index contributed by atoms with van der Waals surface area (Å²) in [5, 5.41) is 0. The average Bonchev–Trinajstić information content (AvgIpc) is 3.36. The average molecular weight is 448 g/mol. The molecular formula is C27H33N3O3. The minimum atomic E-state index is -0.957. The Morgan fingerprint density at radius 1 is 1.24 bits per heavy atom. The summed E-state index contributed by atoms with van der Waals surface area (Å²) >= 11 is 0. The fourth-order valence-corrected chi connectivity index (χ4v) is 6.52. The van der Waals surface area contributed by atoms with Crippen LogP contribution in [0.4, 0.5) is 0 Å². The molecule has 2 aliphatic heterocycles. The standard InChI is InChI=1S/C27H33N3O3/c1-32-21-10-12-26(13-11-21)16-20-9-8-19(7-6-18-4-5-18)15-23(20)27(26)24(31)30(25(28)29-27)17-22-3-2-14-33-22/h8-9,15,18,21-22H,2-5,10-14,16-17H2,1H3,(H2,28,29)/t21?,22-,26?,27+/m1/s1. The van der Waals surface area contributed by atoms with Crippen LogP contribution in [0.3, 0.4) is 0 Å². The number of methoxy groups -OCH3 is 1. The van der Waals surface area contributed by atoms with Crippen LogP contribution >= 0.6 is 0 Å². The lowest BCUT2D eigenvalue weighted by atomic mass is 9.61. The number of carbonyl (C=O) groups is 1. The van der Waals surface area contributed by atoms with E-state index >= 15 is 0 Å². The van der Waals surface area contributed by atoms with Gasteiger partial charge >= 0.3 is 0 Å². The molecule has 3 aliphatic carbocycles. The molecule has 0 bridgehead atoms. The lowest BCUT2D eigenvalue weighted by Gasteiger charge is -2.45. The zero-order valence-electron chi connectivity index (χ0n) is 19.4. The first kappa shape index (κ1) is 21.2. The van der Waals surface area contributed by atoms with E-state index in [1.807, 2.05) is 0 Å². The monoisotopic (exact) mass is 447 g/mol. The number of benzene rings is 1. The molecule has 2 atom stereocenters. The molecule has 6 nitrogen and oxygen atoms in total. The second kappa shape index (κ2) is 7.85. The van der Waals surface area contributed by atoms with Gasteiger partial charge < -0.3 is 15.2 Å². The summed E-state index contributed by atoms with van der Waals surface area (Å²) in [6.45, 7) is 1.24. The number of nitrogens with two attached hydrogens (primary N) is 1. The molecule has 0 radical (unpaired) electrons. The number of nitrogens with zero attached hydrogens (tertiary/aromatic N) is 2. The van der Waals surface area contributed by atoms with Crippen LogP contribution in [0.25, 0.3) is 0 Å². The summed E-state index contributed by atoms with van der Waals surface area (Å²) in [6, 6.07) is 6.41. The zero-order chi connectivity index (χ0) is 22.6. The molecule has 2 spiro atoms. The normalized spacial score (nSPS) is 35.1. The number of rotatable bonds is 3. The van der Waals surface area contributed by atoms with Gasteiger partial charge in [0.2, 0.25) is 0 Å². The molecule has 1 aromatic carbocycles. The topological polar surface area (TPSA) is 77.2 Å². The molecule has 5 aliphatic rings. The molecular weight excluding hydrogens is 414 g/mol. The Morgan fingerprint density at radius 3 is 2.76 bits per heavy atom. The lowest BCUT2D eigenvalue weighted by Crippen LogP contribution is -2.53. The van der Waals surface area contributed by atoms with Gasteiger partial charge in [0.05, 0.1) is 18.8 Å². The second-order valence-electron chi connectivity index (χ2n) is 10.5. The van der Waals surface area contributed by atoms with Crippen LogP contribution in [0.15, 0.2) is 23.2 Å². The van der Waals surface area contributed by atoms with Gasteiger partial charge in [-0.3, -0.25) is 9.69 Å². The maximum absolute atomic E-state index is 14.3. The SMILES string of the molecule is COC1CCC2(CC1)Cc1ccc(C#CC3CC3)cc1[C@@]21N=C(N)N(C[C@H]2CCCO2)C1=O. The minimum Gasteiger partial charge on any atom is -0.381 e. The van der Waals surface area contributed by atoms with Crippen LogP contribution < -0.4 is 5.73 Å². The van der Waals surface area contributed by atoms with E-state index in [1.165, 1.54) is 18.4 Å². The van der Waals surface area contributed by atoms with Crippen LogP contribution in [-0.2, 0) is 26.2 Å². The molecule has 174 valence electrons. The smallest absolute Gasteiger partial charge is 0.262 e. The van der Waals surface area contributed by atoms with E-state index in [-0.39, 0.29) is 23.5 Å². The van der Waals surface area contributed by atoms with E-state index < -0.39 is 5.54 Å². The van der Waals surface area contributed by atoms with Gasteiger partial charge in [-0.05, 0) is 81.0 Å². The number of carbonyl (C=O) groups excluding carboxylic acids is 1. The van der Waals surface area contributed by atoms with Gasteiger partial charge in [-0.2, -0.15) is 0 Å². The first-order valence-electron chi connectivity index (χ1n) is 12.5. The Morgan fingerprint density at radius 2 is 2.06 bits per heavy atom. The van der Waals surface area contributed by atoms with Crippen molar-refractivity contribution in [1.29, 1.82) is 0 Å². The van der Waals surface area contributed by atoms with Crippen LogP contribution in [0.1, 0.15) is 68.1 Å². The zero-order valence-corrected chi connectivity index (χ0v) is 19.4. The van der Waals surface area contributed by atoms with Crippen molar-refractivity contribution >= 4 is 11.9 Å². The predicted octanol–water partition coefficient (Wildman–Crippen LogP) is 3.11. The number of fused-ring (bicyclic) bond motifs is 3. The molecule has 0 unspecified atom stereocenters. The van der Waals surface area contributed by atoms with Gasteiger partial charge in [0, 0.05) is 30.6 Å². The molecule has 1 aromatic rings. The van der Waals surface area contributed by atoms with E-state index in [4.69, 9.17) is 20.2 Å². The Hall–Kier alpha value is -2.36. The summed E-state index contributed by atoms with van der Waals surface area (Å²) in [6.07, 6.45) is 9.21. The lowest BCUT2D eigenvalue weighted by molar-refractivity contribution is -0.139. The van der Waals surface area contributed by atoms with E-state index in [2.05, 4.69) is 30.0 Å². The van der Waals surface area contributed by atoms with Crippen molar-refractivity contribution in [2.45, 2.75) is 75.5 Å². The Labute approximate surface area is 195 Å². The molecule has 3 fully saturated rings. The van der Waals surface area contributed by atoms with Crippen LogP contribution in [0.5, 0.6) is 0 Å². The fraction of sp³-hybridized carbons (Fsp3) is 0.630. The third-order valence-corrected chi connectivity index (χ3v) is 8.54. The van der Waals surface area contributed by atoms with Crippen molar-refractivity contribution in [3.8, 4) is 11.8 Å². The van der Waals surface area contributed by atoms with Crippen molar-refractivity contribution in [2.75, 3.05) is 20.3 Å². The number of hydrogen-bond acceptors (Lipinski definition) is 5. The molecule has 2 N–H and O–H groups in total. The quantitative estimate of drug-likeness (QED) is 0.723. The van der Waals surface area contributed by atoms with Gasteiger partial charge in [-0.1, -0.05) is 17.9 Å². The van der Waals surface area contributed by atoms with Crippen LogP contribution in [-0.4, -0.2) is 49.2 Å². The molecule has 6 heteroatoms. The fourth-order valence-electron chi connectivity index (χ4n) is 6.52. The Bertz CT molecular complexity index is 1050. The Kier molecular flexibility index (Phi) is 5.04. The molecule has 0 aromatic heterocycles. The maximum Gasteiger partial charge on any atom is 0.262 e. The maximum atomic E-state index is 14.3. The summed E-state index contributed by atoms with van der Waals surface area (Å²) in [4.78, 5) is 21.1. The summed E-state index contributed by atoms with van der Waals surface area (Å²) in [5.74, 6) is 7.62. The molecule has 2 heterocycles. The Balaban J connectivity index is 1.42. The van der Waals surface area contributed by atoms with Crippen molar-refractivity contribution in [2.24, 2.45) is 22.1 Å². The highest BCUT2D eigenvalue weighted by atomic mass is 16.5. The van der Waals surface area contributed by atoms with Gasteiger partial charge in [0.25, 0.3) is 5.91 Å². The molecule has 33 heavy (non-hydrogen) atoms. The van der Waals surface area contributed by atoms with Crippen LogP contribution in [0, 0.1) is 23.2 Å². The first-order valence-corrected chi connectivity index (χ1v) is 12.5. The molecule has 6 rings (SSSR count). The van der Waals surface area contributed by atoms with Gasteiger partial charge in [0.1, 0.15) is 0 Å². The number of aliphatic imine (C=N–C) groups is 1. The van der Waals surface area contributed by atoms with Gasteiger partial charge in [0.15, 0.2) is 11.5 Å². The molecule has 2 saturated carbocycles. The summed E-state index contributed by atoms with van der Waals surface area (Å²) in [7, 11) is 1.78. The third-order valence-electron chi connectivity index (χ3n) is 8.54. The number of ether oxygens (including phenoxy) is 2. The molecule has 1 amide bonds. The van der Waals surface area contributed by atoms with Crippen LogP contribution in [0.2, 0.25) is 0 Å². The van der Waals surface area contributed by atoms with E-state index in [0.717, 1.165) is 62.7 Å². The van der Waals surface area contributed by atoms with Crippen molar-refractivity contribution in [3.05, 3.63) is 34.9 Å². The number of hydrogen-bond donors (Lipinski definition) is 1. The largest absolute Gasteiger partial charge is 0.381 e. The minimum absolute atomic E-state index is 0.0254. The first-order chi connectivity index (χ1) is 16.0. The highest BCUT2D eigenvalue weighted by Crippen LogP contribution is 2.62. The van der Waals surface area contributed by atoms with Gasteiger partial charge in [-0.15, -0.1) is 0 Å². The van der Waals surface area contributed by atoms with E-state index in [9.17, 15) is 4.79 Å². The third kappa shape index (κ3) is 3.32. The van der Waals surface area contributed by atoms with Crippen molar-refractivity contribution in [3.63, 3.8) is 0 Å². The van der Waals surface area contributed by atoms with E-state index in [1.54, 1.807) is 12.0 Å².